The Bertz CT molecular complexity index is 563. The number of carbonyl (C=O) groups excluding carboxylic acids is 1. The van der Waals surface area contributed by atoms with Gasteiger partial charge in [0.2, 0.25) is 0 Å². The number of rotatable bonds is 4. The molecule has 0 radical (unpaired) electrons. The third-order valence-corrected chi connectivity index (χ3v) is 2.83. The van der Waals surface area contributed by atoms with Gasteiger partial charge in [0.1, 0.15) is 0 Å². The number of amides is 2. The molecule has 106 valence electrons. The molecular formula is C14H17N3O3. The maximum atomic E-state index is 11.9. The second kappa shape index (κ2) is 6.57. The number of aryl methyl sites for hydroxylation is 1. The molecule has 1 rings (SSSR count). The molecule has 1 aromatic carbocycles. The lowest BCUT2D eigenvalue weighted by molar-refractivity contribution is 0.0697. The highest BCUT2D eigenvalue weighted by Crippen LogP contribution is 2.17. The number of benzene rings is 1. The van der Waals surface area contributed by atoms with Crippen LogP contribution in [0.1, 0.15) is 22.8 Å². The van der Waals surface area contributed by atoms with Crippen LogP contribution < -0.4 is 5.32 Å². The molecule has 0 aliphatic rings. The van der Waals surface area contributed by atoms with E-state index in [9.17, 15) is 9.59 Å². The summed E-state index contributed by atoms with van der Waals surface area (Å²) in [6.07, 6.45) is 0. The molecule has 0 aliphatic heterocycles. The van der Waals surface area contributed by atoms with Gasteiger partial charge in [-0.2, -0.15) is 5.26 Å². The predicted octanol–water partition coefficient (Wildman–Crippen LogP) is 2.32. The molecule has 20 heavy (non-hydrogen) atoms. The maximum Gasteiger partial charge on any atom is 0.335 e. The third-order valence-electron chi connectivity index (χ3n) is 2.83. The number of carboxylic acid groups (broad SMARTS) is 1. The Hall–Kier alpha value is -2.55. The van der Waals surface area contributed by atoms with Gasteiger partial charge < -0.3 is 15.3 Å². The first-order valence-corrected chi connectivity index (χ1v) is 6.10. The van der Waals surface area contributed by atoms with Crippen molar-refractivity contribution in [1.29, 1.82) is 5.26 Å². The van der Waals surface area contributed by atoms with E-state index in [1.54, 1.807) is 27.0 Å². The Labute approximate surface area is 117 Å². The molecule has 0 aromatic heterocycles. The first kappa shape index (κ1) is 15.5. The predicted molar refractivity (Wildman–Crippen MR) is 74.6 cm³/mol. The van der Waals surface area contributed by atoms with Gasteiger partial charge in [-0.15, -0.1) is 0 Å². The number of nitriles is 1. The monoisotopic (exact) mass is 275 g/mol. The van der Waals surface area contributed by atoms with Crippen molar-refractivity contribution in [2.45, 2.75) is 13.8 Å². The van der Waals surface area contributed by atoms with Gasteiger partial charge in [-0.3, -0.25) is 0 Å². The van der Waals surface area contributed by atoms with Crippen molar-refractivity contribution in [3.05, 3.63) is 29.3 Å². The normalized spacial score (nSPS) is 11.3. The Balaban J connectivity index is 2.76. The molecule has 0 heterocycles. The topological polar surface area (TPSA) is 93.4 Å². The zero-order valence-electron chi connectivity index (χ0n) is 11.7. The van der Waals surface area contributed by atoms with Crippen LogP contribution in [-0.4, -0.2) is 35.6 Å². The molecule has 1 atom stereocenters. The summed E-state index contributed by atoms with van der Waals surface area (Å²) in [5.74, 6) is -1.26. The number of carboxylic acids is 1. The quantitative estimate of drug-likeness (QED) is 0.881. The summed E-state index contributed by atoms with van der Waals surface area (Å²) >= 11 is 0. The minimum Gasteiger partial charge on any atom is -0.478 e. The van der Waals surface area contributed by atoms with Crippen LogP contribution in [0.4, 0.5) is 10.5 Å². The van der Waals surface area contributed by atoms with Gasteiger partial charge in [0.25, 0.3) is 0 Å². The van der Waals surface area contributed by atoms with Crippen LogP contribution >= 0.6 is 0 Å². The van der Waals surface area contributed by atoms with Crippen LogP contribution in [-0.2, 0) is 0 Å². The van der Waals surface area contributed by atoms with E-state index in [0.29, 0.717) is 17.8 Å². The van der Waals surface area contributed by atoms with Crippen molar-refractivity contribution in [2.24, 2.45) is 5.92 Å². The zero-order chi connectivity index (χ0) is 15.3. The fourth-order valence-corrected chi connectivity index (χ4v) is 1.68. The van der Waals surface area contributed by atoms with Gasteiger partial charge in [-0.1, -0.05) is 0 Å². The van der Waals surface area contributed by atoms with Crippen LogP contribution in [0.3, 0.4) is 0 Å². The zero-order valence-corrected chi connectivity index (χ0v) is 11.7. The summed E-state index contributed by atoms with van der Waals surface area (Å²) in [5, 5.41) is 20.3. The number of urea groups is 1. The summed E-state index contributed by atoms with van der Waals surface area (Å²) in [5.41, 5.74) is 1.39. The Morgan fingerprint density at radius 1 is 1.50 bits per heavy atom. The smallest absolute Gasteiger partial charge is 0.335 e. The van der Waals surface area contributed by atoms with Crippen LogP contribution in [0.2, 0.25) is 0 Å². The minimum atomic E-state index is -1.01. The SMILES string of the molecule is Cc1cc(C(=O)O)ccc1NC(=O)N(C)CC(C)C#N. The Morgan fingerprint density at radius 3 is 2.65 bits per heavy atom. The van der Waals surface area contributed by atoms with Gasteiger partial charge in [0.15, 0.2) is 0 Å². The highest BCUT2D eigenvalue weighted by Gasteiger charge is 2.13. The summed E-state index contributed by atoms with van der Waals surface area (Å²) in [7, 11) is 1.60. The number of nitrogens with one attached hydrogen (secondary N) is 1. The van der Waals surface area contributed by atoms with E-state index in [2.05, 4.69) is 11.4 Å². The summed E-state index contributed by atoms with van der Waals surface area (Å²) in [4.78, 5) is 24.2. The van der Waals surface area contributed by atoms with E-state index in [1.165, 1.54) is 17.0 Å². The van der Waals surface area contributed by atoms with Gasteiger partial charge in [0.05, 0.1) is 17.6 Å². The molecule has 0 spiro atoms. The molecule has 0 fully saturated rings. The van der Waals surface area contributed by atoms with Crippen LogP contribution in [0.15, 0.2) is 18.2 Å². The highest BCUT2D eigenvalue weighted by atomic mass is 16.4. The first-order valence-electron chi connectivity index (χ1n) is 6.10. The highest BCUT2D eigenvalue weighted by molar-refractivity contribution is 5.92. The number of anilines is 1. The number of hydrogen-bond donors (Lipinski definition) is 2. The summed E-state index contributed by atoms with van der Waals surface area (Å²) < 4.78 is 0. The van der Waals surface area contributed by atoms with E-state index in [4.69, 9.17) is 10.4 Å². The maximum absolute atomic E-state index is 11.9. The van der Waals surface area contributed by atoms with E-state index >= 15 is 0 Å². The third kappa shape index (κ3) is 3.99. The average molecular weight is 275 g/mol. The lowest BCUT2D eigenvalue weighted by Gasteiger charge is -2.19. The van der Waals surface area contributed by atoms with Crippen molar-refractivity contribution < 1.29 is 14.7 Å². The Morgan fingerprint density at radius 2 is 2.15 bits per heavy atom. The van der Waals surface area contributed by atoms with Crippen molar-refractivity contribution in [1.82, 2.24) is 4.90 Å². The number of nitrogens with zero attached hydrogens (tertiary/aromatic N) is 2. The number of carbonyl (C=O) groups is 2. The van der Waals surface area contributed by atoms with Crippen LogP contribution in [0.25, 0.3) is 0 Å². The largest absolute Gasteiger partial charge is 0.478 e. The summed E-state index contributed by atoms with van der Waals surface area (Å²) in [6.45, 7) is 3.78. The van der Waals surface area contributed by atoms with Crippen molar-refractivity contribution in [2.75, 3.05) is 18.9 Å². The van der Waals surface area contributed by atoms with Crippen LogP contribution in [0, 0.1) is 24.2 Å². The first-order chi connectivity index (χ1) is 9.35. The van der Waals surface area contributed by atoms with E-state index in [1.807, 2.05) is 0 Å². The van der Waals surface area contributed by atoms with E-state index in [0.717, 1.165) is 0 Å². The van der Waals surface area contributed by atoms with Crippen molar-refractivity contribution >= 4 is 17.7 Å². The molecular weight excluding hydrogens is 258 g/mol. The van der Waals surface area contributed by atoms with Crippen molar-refractivity contribution in [3.63, 3.8) is 0 Å². The fourth-order valence-electron chi connectivity index (χ4n) is 1.68. The van der Waals surface area contributed by atoms with E-state index < -0.39 is 5.97 Å². The van der Waals surface area contributed by atoms with Crippen LogP contribution in [0.5, 0.6) is 0 Å². The standard InChI is InChI=1S/C14H17N3O3/c1-9(7-15)8-17(3)14(20)16-12-5-4-11(13(18)19)6-10(12)2/h4-6,9H,8H2,1-3H3,(H,16,20)(H,18,19). The molecule has 6 nitrogen and oxygen atoms in total. The number of hydrogen-bond acceptors (Lipinski definition) is 3. The minimum absolute atomic E-state index is 0.173. The van der Waals surface area contributed by atoms with Gasteiger partial charge in [-0.25, -0.2) is 9.59 Å². The summed E-state index contributed by atoms with van der Waals surface area (Å²) in [6, 6.07) is 6.21. The number of aromatic carboxylic acids is 1. The molecule has 1 aromatic rings. The lowest BCUT2D eigenvalue weighted by Crippen LogP contribution is -2.34. The molecule has 0 saturated heterocycles. The molecule has 0 aliphatic carbocycles. The second-order valence-corrected chi connectivity index (χ2v) is 4.68. The van der Waals surface area contributed by atoms with Gasteiger partial charge in [0, 0.05) is 19.3 Å². The van der Waals surface area contributed by atoms with Crippen molar-refractivity contribution in [3.8, 4) is 6.07 Å². The fraction of sp³-hybridized carbons (Fsp3) is 0.357. The average Bonchev–Trinajstić information content (AvgIpc) is 2.40. The molecule has 6 heteroatoms. The lowest BCUT2D eigenvalue weighted by atomic mass is 10.1. The second-order valence-electron chi connectivity index (χ2n) is 4.68. The Kier molecular flexibility index (Phi) is 5.09. The molecule has 0 bridgehead atoms. The molecule has 2 amide bonds. The molecule has 0 saturated carbocycles. The van der Waals surface area contributed by atoms with E-state index in [-0.39, 0.29) is 17.5 Å². The molecule has 1 unspecified atom stereocenters. The van der Waals surface area contributed by atoms with Gasteiger partial charge in [-0.05, 0) is 37.6 Å². The van der Waals surface area contributed by atoms with Gasteiger partial charge >= 0.3 is 12.0 Å². The molecule has 2 N–H and O–H groups in total.